The molecule has 4 nitrogen and oxygen atoms in total. The molecule has 0 saturated heterocycles. The second-order valence-corrected chi connectivity index (χ2v) is 6.10. The number of carbonyl (C=O) groups is 1. The minimum Gasteiger partial charge on any atom is -0.397 e. The Bertz CT molecular complexity index is 616. The van der Waals surface area contributed by atoms with E-state index in [9.17, 15) is 4.79 Å². The summed E-state index contributed by atoms with van der Waals surface area (Å²) in [4.78, 5) is 16.0. The van der Waals surface area contributed by atoms with Gasteiger partial charge in [0.2, 0.25) is 5.91 Å². The van der Waals surface area contributed by atoms with E-state index >= 15 is 0 Å². The molecule has 0 aliphatic heterocycles. The van der Waals surface area contributed by atoms with Gasteiger partial charge in [-0.15, -0.1) is 0 Å². The lowest BCUT2D eigenvalue weighted by Crippen LogP contribution is -2.14. The van der Waals surface area contributed by atoms with Crippen molar-refractivity contribution in [2.24, 2.45) is 0 Å². The number of pyridine rings is 1. The van der Waals surface area contributed by atoms with Crippen molar-refractivity contribution in [3.8, 4) is 0 Å². The number of aryl methyl sites for hydroxylation is 1. The van der Waals surface area contributed by atoms with Crippen LogP contribution in [-0.4, -0.2) is 16.6 Å². The summed E-state index contributed by atoms with van der Waals surface area (Å²) in [6, 6.07) is 9.36. The van der Waals surface area contributed by atoms with E-state index in [1.807, 2.05) is 25.1 Å². The number of anilines is 2. The fourth-order valence-corrected chi connectivity index (χ4v) is 2.76. The zero-order valence-corrected chi connectivity index (χ0v) is 13.3. The number of hydrogen-bond acceptors (Lipinski definition) is 4. The minimum absolute atomic E-state index is 0.0711. The molecular weight excluding hydrogens is 338 g/mol. The lowest BCUT2D eigenvalue weighted by molar-refractivity contribution is -0.113. The van der Waals surface area contributed by atoms with Gasteiger partial charge in [0.05, 0.1) is 28.4 Å². The van der Waals surface area contributed by atoms with Gasteiger partial charge in [0.25, 0.3) is 0 Å². The summed E-state index contributed by atoms with van der Waals surface area (Å²) in [5, 5.41) is 3.64. The third kappa shape index (κ3) is 4.25. The van der Waals surface area contributed by atoms with Crippen molar-refractivity contribution in [1.82, 2.24) is 4.98 Å². The van der Waals surface area contributed by atoms with E-state index in [-0.39, 0.29) is 5.91 Å². The maximum atomic E-state index is 11.9. The Morgan fingerprint density at radius 3 is 2.85 bits per heavy atom. The summed E-state index contributed by atoms with van der Waals surface area (Å²) in [5.74, 6) is 0.232. The zero-order valence-electron chi connectivity index (χ0n) is 10.9. The lowest BCUT2D eigenvalue weighted by Gasteiger charge is -2.08. The number of nitrogen functional groups attached to an aromatic ring is 1. The van der Waals surface area contributed by atoms with E-state index in [2.05, 4.69) is 26.2 Å². The van der Waals surface area contributed by atoms with Gasteiger partial charge in [0.1, 0.15) is 0 Å². The molecule has 0 bridgehead atoms. The molecule has 0 unspecified atom stereocenters. The summed E-state index contributed by atoms with van der Waals surface area (Å²) >= 11 is 4.80. The monoisotopic (exact) mass is 351 g/mol. The molecule has 1 aromatic carbocycles. The molecule has 0 spiro atoms. The fraction of sp³-hybridized carbons (Fsp3) is 0.143. The molecule has 1 aromatic heterocycles. The van der Waals surface area contributed by atoms with Crippen molar-refractivity contribution >= 4 is 45.0 Å². The third-order valence-corrected chi connectivity index (χ3v) is 4.11. The number of benzene rings is 1. The lowest BCUT2D eigenvalue weighted by atomic mass is 10.2. The highest BCUT2D eigenvalue weighted by Gasteiger charge is 2.07. The van der Waals surface area contributed by atoms with Crippen LogP contribution in [0.4, 0.5) is 11.4 Å². The number of halogens is 1. The van der Waals surface area contributed by atoms with Crippen molar-refractivity contribution in [3.05, 3.63) is 46.6 Å². The van der Waals surface area contributed by atoms with Crippen LogP contribution in [0.1, 0.15) is 5.56 Å². The number of rotatable bonds is 4. The number of nitrogens with zero attached hydrogens (tertiary/aromatic N) is 1. The van der Waals surface area contributed by atoms with Gasteiger partial charge in [-0.2, -0.15) is 0 Å². The molecule has 0 aliphatic carbocycles. The highest BCUT2D eigenvalue weighted by Crippen LogP contribution is 2.24. The van der Waals surface area contributed by atoms with E-state index in [0.717, 1.165) is 20.7 Å². The molecule has 0 atom stereocenters. The predicted molar refractivity (Wildman–Crippen MR) is 86.9 cm³/mol. The minimum atomic E-state index is -0.0711. The smallest absolute Gasteiger partial charge is 0.234 e. The van der Waals surface area contributed by atoms with Crippen LogP contribution in [0.3, 0.4) is 0 Å². The number of nitrogens with two attached hydrogens (primary N) is 1. The Labute approximate surface area is 130 Å². The molecule has 0 radical (unpaired) electrons. The maximum absolute atomic E-state index is 11.9. The van der Waals surface area contributed by atoms with Gasteiger partial charge in [-0.25, -0.2) is 4.98 Å². The second kappa shape index (κ2) is 6.76. The van der Waals surface area contributed by atoms with E-state index in [0.29, 0.717) is 11.4 Å². The molecule has 20 heavy (non-hydrogen) atoms. The summed E-state index contributed by atoms with van der Waals surface area (Å²) in [5.41, 5.74) is 8.08. The Hall–Kier alpha value is -1.53. The number of aromatic nitrogens is 1. The summed E-state index contributed by atoms with van der Waals surface area (Å²) in [7, 11) is 0. The average Bonchev–Trinajstić information content (AvgIpc) is 2.41. The Morgan fingerprint density at radius 2 is 2.20 bits per heavy atom. The predicted octanol–water partition coefficient (Wildman–Crippen LogP) is 3.47. The van der Waals surface area contributed by atoms with Gasteiger partial charge < -0.3 is 11.1 Å². The van der Waals surface area contributed by atoms with Crippen LogP contribution in [-0.2, 0) is 4.79 Å². The first-order chi connectivity index (χ1) is 9.54. The van der Waals surface area contributed by atoms with Gasteiger partial charge in [-0.1, -0.05) is 17.8 Å². The van der Waals surface area contributed by atoms with E-state index < -0.39 is 0 Å². The molecule has 3 N–H and O–H groups in total. The Balaban J connectivity index is 1.90. The number of amides is 1. The molecule has 2 aromatic rings. The first-order valence-electron chi connectivity index (χ1n) is 5.95. The standard InChI is InChI=1S/C14H14BrN3OS/c1-9-2-4-12(11(15)6-9)18-13(19)8-20-14-5-3-10(16)7-17-14/h2-7H,8,16H2,1H3,(H,18,19). The number of hydrogen-bond donors (Lipinski definition) is 2. The van der Waals surface area contributed by atoms with Gasteiger partial charge in [0.15, 0.2) is 0 Å². The molecule has 0 saturated carbocycles. The molecule has 1 heterocycles. The van der Waals surface area contributed by atoms with Crippen molar-refractivity contribution in [3.63, 3.8) is 0 Å². The van der Waals surface area contributed by atoms with Gasteiger partial charge in [-0.3, -0.25) is 4.79 Å². The van der Waals surface area contributed by atoms with E-state index in [1.165, 1.54) is 11.8 Å². The number of nitrogens with one attached hydrogen (secondary N) is 1. The zero-order chi connectivity index (χ0) is 14.5. The molecule has 1 amide bonds. The van der Waals surface area contributed by atoms with Crippen LogP contribution in [0.25, 0.3) is 0 Å². The van der Waals surface area contributed by atoms with Crippen molar-refractivity contribution in [1.29, 1.82) is 0 Å². The van der Waals surface area contributed by atoms with Crippen LogP contribution in [0.5, 0.6) is 0 Å². The molecule has 2 rings (SSSR count). The highest BCUT2D eigenvalue weighted by atomic mass is 79.9. The van der Waals surface area contributed by atoms with Crippen LogP contribution < -0.4 is 11.1 Å². The van der Waals surface area contributed by atoms with Crippen molar-refractivity contribution < 1.29 is 4.79 Å². The van der Waals surface area contributed by atoms with Crippen molar-refractivity contribution in [2.45, 2.75) is 11.9 Å². The average molecular weight is 352 g/mol. The quantitative estimate of drug-likeness (QED) is 0.827. The SMILES string of the molecule is Cc1ccc(NC(=O)CSc2ccc(N)cn2)c(Br)c1. The molecule has 6 heteroatoms. The third-order valence-electron chi connectivity index (χ3n) is 2.51. The first-order valence-corrected chi connectivity index (χ1v) is 7.73. The van der Waals surface area contributed by atoms with Crippen LogP contribution in [0.2, 0.25) is 0 Å². The largest absolute Gasteiger partial charge is 0.397 e. The number of carbonyl (C=O) groups excluding carboxylic acids is 1. The van der Waals surface area contributed by atoms with Crippen LogP contribution >= 0.6 is 27.7 Å². The Morgan fingerprint density at radius 1 is 1.40 bits per heavy atom. The van der Waals surface area contributed by atoms with Gasteiger partial charge in [0, 0.05) is 4.47 Å². The van der Waals surface area contributed by atoms with Gasteiger partial charge >= 0.3 is 0 Å². The maximum Gasteiger partial charge on any atom is 0.234 e. The van der Waals surface area contributed by atoms with Crippen molar-refractivity contribution in [2.75, 3.05) is 16.8 Å². The highest BCUT2D eigenvalue weighted by molar-refractivity contribution is 9.10. The van der Waals surface area contributed by atoms with Crippen LogP contribution in [0, 0.1) is 6.92 Å². The van der Waals surface area contributed by atoms with Gasteiger partial charge in [-0.05, 0) is 52.7 Å². The topological polar surface area (TPSA) is 68.0 Å². The molecular formula is C14H14BrN3OS. The fourth-order valence-electron chi connectivity index (χ4n) is 1.52. The normalized spacial score (nSPS) is 10.3. The molecule has 0 aliphatic rings. The number of thioether (sulfide) groups is 1. The Kier molecular flexibility index (Phi) is 5.03. The second-order valence-electron chi connectivity index (χ2n) is 4.25. The summed E-state index contributed by atoms with van der Waals surface area (Å²) in [6.07, 6.45) is 1.58. The van der Waals surface area contributed by atoms with E-state index in [4.69, 9.17) is 5.73 Å². The van der Waals surface area contributed by atoms with Crippen LogP contribution in [0.15, 0.2) is 46.0 Å². The summed E-state index contributed by atoms with van der Waals surface area (Å²) < 4.78 is 0.876. The first kappa shape index (κ1) is 14.9. The molecule has 0 fully saturated rings. The van der Waals surface area contributed by atoms with E-state index in [1.54, 1.807) is 18.3 Å². The summed E-state index contributed by atoms with van der Waals surface area (Å²) in [6.45, 7) is 2.00. The molecule has 104 valence electrons.